The van der Waals surface area contributed by atoms with Crippen LogP contribution in [0.2, 0.25) is 0 Å². The summed E-state index contributed by atoms with van der Waals surface area (Å²) >= 11 is 1.24. The number of nitro benzene ring substituents is 1. The second-order valence-electron chi connectivity index (χ2n) is 8.65. The predicted octanol–water partition coefficient (Wildman–Crippen LogP) is 4.76. The highest BCUT2D eigenvalue weighted by molar-refractivity contribution is 7.99. The molecule has 0 bridgehead atoms. The van der Waals surface area contributed by atoms with E-state index in [4.69, 9.17) is 0 Å². The van der Waals surface area contributed by atoms with E-state index in [0.29, 0.717) is 11.0 Å². The van der Waals surface area contributed by atoms with Gasteiger partial charge in [0.2, 0.25) is 5.91 Å². The number of carbonyl (C=O) groups is 2. The molecule has 0 fully saturated rings. The number of nitrogens with one attached hydrogen (secondary N) is 2. The quantitative estimate of drug-likeness (QED) is 0.181. The minimum absolute atomic E-state index is 0.0618. The molecule has 1 heterocycles. The maximum absolute atomic E-state index is 12.7. The number of nitro groups is 1. The number of rotatable bonds is 9. The lowest BCUT2D eigenvalue weighted by atomic mass is 10.1. The molecule has 10 nitrogen and oxygen atoms in total. The molecule has 0 aliphatic rings. The van der Waals surface area contributed by atoms with E-state index in [-0.39, 0.29) is 29.5 Å². The van der Waals surface area contributed by atoms with Crippen LogP contribution in [0.3, 0.4) is 0 Å². The molecule has 0 saturated heterocycles. The first-order valence-corrected chi connectivity index (χ1v) is 12.7. The number of nitrogens with zero attached hydrogens (tertiary/aromatic N) is 4. The SMILES string of the molecule is Cc1cccc(NC(=O)CSc2nnc(CNC(=O)c3ccc([N+](=O)[O-])cc3)n2-c2cccc(C)c2C)c1. The molecule has 0 saturated carbocycles. The van der Waals surface area contributed by atoms with Crippen LogP contribution in [-0.4, -0.2) is 37.3 Å². The molecule has 2 N–H and O–H groups in total. The van der Waals surface area contributed by atoms with Gasteiger partial charge in [-0.1, -0.05) is 36.0 Å². The molecule has 11 heteroatoms. The first-order chi connectivity index (χ1) is 18.2. The summed E-state index contributed by atoms with van der Waals surface area (Å²) in [5.74, 6) is 0.0216. The van der Waals surface area contributed by atoms with Crippen molar-refractivity contribution in [2.75, 3.05) is 11.1 Å². The minimum atomic E-state index is -0.519. The monoisotopic (exact) mass is 530 g/mol. The van der Waals surface area contributed by atoms with E-state index in [0.717, 1.165) is 28.1 Å². The van der Waals surface area contributed by atoms with Crippen molar-refractivity contribution in [1.82, 2.24) is 20.1 Å². The second-order valence-corrected chi connectivity index (χ2v) is 9.59. The molecule has 4 aromatic rings. The summed E-state index contributed by atoms with van der Waals surface area (Å²) in [7, 11) is 0. The highest BCUT2D eigenvalue weighted by Gasteiger charge is 2.19. The van der Waals surface area contributed by atoms with Crippen molar-refractivity contribution in [2.24, 2.45) is 0 Å². The third-order valence-electron chi connectivity index (χ3n) is 5.90. The molecule has 38 heavy (non-hydrogen) atoms. The van der Waals surface area contributed by atoms with Crippen molar-refractivity contribution in [3.63, 3.8) is 0 Å². The highest BCUT2D eigenvalue weighted by atomic mass is 32.2. The molecule has 4 rings (SSSR count). The Morgan fingerprint density at radius 3 is 2.45 bits per heavy atom. The number of carbonyl (C=O) groups excluding carboxylic acids is 2. The van der Waals surface area contributed by atoms with Crippen LogP contribution in [0.25, 0.3) is 5.69 Å². The number of aryl methyl sites for hydroxylation is 2. The molecule has 194 valence electrons. The number of non-ortho nitro benzene ring substituents is 1. The molecule has 0 aliphatic carbocycles. The van der Waals surface area contributed by atoms with Crippen molar-refractivity contribution in [3.05, 3.63) is 105 Å². The zero-order chi connectivity index (χ0) is 27.2. The van der Waals surface area contributed by atoms with Crippen molar-refractivity contribution in [1.29, 1.82) is 0 Å². The number of benzene rings is 3. The standard InChI is InChI=1S/C27H26N6O4S/c1-17-6-4-8-21(14-17)29-25(34)16-38-27-31-30-24(32(27)23-9-5-7-18(2)19(23)3)15-28-26(35)20-10-12-22(13-11-20)33(36)37/h4-14H,15-16H2,1-3H3,(H,28,35)(H,29,34). The van der Waals surface area contributed by atoms with Gasteiger partial charge in [-0.25, -0.2) is 0 Å². The van der Waals surface area contributed by atoms with E-state index < -0.39 is 10.8 Å². The van der Waals surface area contributed by atoms with Gasteiger partial charge in [0.05, 0.1) is 22.9 Å². The summed E-state index contributed by atoms with van der Waals surface area (Å²) < 4.78 is 1.84. The number of hydrogen-bond acceptors (Lipinski definition) is 7. The molecular formula is C27H26N6O4S. The average Bonchev–Trinajstić information content (AvgIpc) is 3.30. The average molecular weight is 531 g/mol. The third-order valence-corrected chi connectivity index (χ3v) is 6.83. The zero-order valence-electron chi connectivity index (χ0n) is 21.1. The summed E-state index contributed by atoms with van der Waals surface area (Å²) in [5, 5.41) is 25.7. The fourth-order valence-electron chi connectivity index (χ4n) is 3.77. The summed E-state index contributed by atoms with van der Waals surface area (Å²) in [6, 6.07) is 18.8. The molecule has 3 aromatic carbocycles. The van der Waals surface area contributed by atoms with E-state index in [9.17, 15) is 19.7 Å². The molecule has 0 spiro atoms. The van der Waals surface area contributed by atoms with Gasteiger partial charge in [-0.05, 0) is 67.8 Å². The summed E-state index contributed by atoms with van der Waals surface area (Å²) in [5.41, 5.74) is 4.90. The van der Waals surface area contributed by atoms with Gasteiger partial charge >= 0.3 is 0 Å². The summed E-state index contributed by atoms with van der Waals surface area (Å²) in [6.07, 6.45) is 0. The van der Waals surface area contributed by atoms with Crippen LogP contribution in [0.15, 0.2) is 71.9 Å². The largest absolute Gasteiger partial charge is 0.345 e. The Labute approximate surface area is 223 Å². The van der Waals surface area contributed by atoms with Gasteiger partial charge in [0.15, 0.2) is 11.0 Å². The molecule has 2 amide bonds. The van der Waals surface area contributed by atoms with Crippen molar-refractivity contribution in [2.45, 2.75) is 32.5 Å². The van der Waals surface area contributed by atoms with Crippen molar-refractivity contribution in [3.8, 4) is 5.69 Å². The Kier molecular flexibility index (Phi) is 8.17. The first-order valence-electron chi connectivity index (χ1n) is 11.8. The lowest BCUT2D eigenvalue weighted by molar-refractivity contribution is -0.384. The summed E-state index contributed by atoms with van der Waals surface area (Å²) in [6.45, 7) is 6.01. The Morgan fingerprint density at radius 2 is 1.74 bits per heavy atom. The van der Waals surface area contributed by atoms with Crippen LogP contribution in [0.4, 0.5) is 11.4 Å². The van der Waals surface area contributed by atoms with Crippen molar-refractivity contribution < 1.29 is 14.5 Å². The van der Waals surface area contributed by atoms with Crippen LogP contribution < -0.4 is 10.6 Å². The van der Waals surface area contributed by atoms with Gasteiger partial charge in [-0.3, -0.25) is 24.3 Å². The van der Waals surface area contributed by atoms with Crippen LogP contribution in [0, 0.1) is 30.9 Å². The van der Waals surface area contributed by atoms with Gasteiger partial charge in [-0.15, -0.1) is 10.2 Å². The fourth-order valence-corrected chi connectivity index (χ4v) is 4.54. The van der Waals surface area contributed by atoms with Gasteiger partial charge in [0.1, 0.15) is 0 Å². The van der Waals surface area contributed by atoms with Crippen LogP contribution in [0.5, 0.6) is 0 Å². The predicted molar refractivity (Wildman–Crippen MR) is 146 cm³/mol. The van der Waals surface area contributed by atoms with Gasteiger partial charge < -0.3 is 10.6 Å². The number of hydrogen-bond donors (Lipinski definition) is 2. The Bertz CT molecular complexity index is 1500. The molecular weight excluding hydrogens is 504 g/mol. The Morgan fingerprint density at radius 1 is 1.00 bits per heavy atom. The van der Waals surface area contributed by atoms with E-state index in [2.05, 4.69) is 20.8 Å². The van der Waals surface area contributed by atoms with Crippen LogP contribution in [-0.2, 0) is 11.3 Å². The minimum Gasteiger partial charge on any atom is -0.345 e. The van der Waals surface area contributed by atoms with Crippen LogP contribution >= 0.6 is 11.8 Å². The van der Waals surface area contributed by atoms with Crippen molar-refractivity contribution >= 4 is 35.0 Å². The third kappa shape index (κ3) is 6.24. The Balaban J connectivity index is 1.53. The number of anilines is 1. The molecule has 0 radical (unpaired) electrons. The first kappa shape index (κ1) is 26.6. The highest BCUT2D eigenvalue weighted by Crippen LogP contribution is 2.26. The van der Waals surface area contributed by atoms with E-state index in [1.165, 1.54) is 36.0 Å². The number of aromatic nitrogens is 3. The molecule has 0 aliphatic heterocycles. The lowest BCUT2D eigenvalue weighted by Gasteiger charge is -2.15. The maximum atomic E-state index is 12.7. The van der Waals surface area contributed by atoms with Gasteiger partial charge in [-0.2, -0.15) is 0 Å². The normalized spacial score (nSPS) is 10.7. The van der Waals surface area contributed by atoms with Gasteiger partial charge in [0, 0.05) is 23.4 Å². The lowest BCUT2D eigenvalue weighted by Crippen LogP contribution is -2.24. The second kappa shape index (κ2) is 11.7. The van der Waals surface area contributed by atoms with E-state index in [1.807, 2.05) is 67.8 Å². The van der Waals surface area contributed by atoms with E-state index >= 15 is 0 Å². The summed E-state index contributed by atoms with van der Waals surface area (Å²) in [4.78, 5) is 35.7. The molecule has 0 unspecified atom stereocenters. The zero-order valence-corrected chi connectivity index (χ0v) is 21.9. The van der Waals surface area contributed by atoms with Crippen LogP contribution in [0.1, 0.15) is 32.9 Å². The Hall–Kier alpha value is -4.51. The molecule has 1 aromatic heterocycles. The number of thioether (sulfide) groups is 1. The maximum Gasteiger partial charge on any atom is 0.269 e. The number of amides is 2. The fraction of sp³-hybridized carbons (Fsp3) is 0.185. The topological polar surface area (TPSA) is 132 Å². The molecule has 0 atom stereocenters. The van der Waals surface area contributed by atoms with E-state index in [1.54, 1.807) is 0 Å². The smallest absolute Gasteiger partial charge is 0.269 e. The van der Waals surface area contributed by atoms with Gasteiger partial charge in [0.25, 0.3) is 11.6 Å².